The summed E-state index contributed by atoms with van der Waals surface area (Å²) in [4.78, 5) is 47.7. The SMILES string of the molecule is CCCCCCCCCCCCCCCCCCCCCC(=O)OC[C@H](COP(=O)(O)OCCN)OC(=O)CCC/C=C\C[C@H]1[C@@H](O)CC(=O)[C@@H]1/C=C/[C@@H](O)CCCCC. The van der Waals surface area contributed by atoms with Gasteiger partial charge in [0.15, 0.2) is 6.10 Å². The number of aliphatic hydroxyl groups is 2. The predicted molar refractivity (Wildman–Crippen MR) is 239 cm³/mol. The monoisotopic (exact) mass is 872 g/mol. The smallest absolute Gasteiger partial charge is 0.462 e. The van der Waals surface area contributed by atoms with E-state index in [0.29, 0.717) is 32.1 Å². The van der Waals surface area contributed by atoms with Gasteiger partial charge in [0.2, 0.25) is 0 Å². The first kappa shape index (κ1) is 56.1. The maximum absolute atomic E-state index is 12.7. The Kier molecular flexibility index (Phi) is 35.2. The van der Waals surface area contributed by atoms with Gasteiger partial charge in [-0.2, -0.15) is 0 Å². The van der Waals surface area contributed by atoms with Crippen LogP contribution in [-0.4, -0.2) is 77.5 Å². The van der Waals surface area contributed by atoms with E-state index in [1.807, 2.05) is 12.2 Å². The van der Waals surface area contributed by atoms with Gasteiger partial charge < -0.3 is 30.3 Å². The maximum atomic E-state index is 12.7. The van der Waals surface area contributed by atoms with E-state index in [1.165, 1.54) is 96.3 Å². The number of phosphoric acid groups is 1. The Labute approximate surface area is 363 Å². The topological polar surface area (TPSA) is 192 Å². The van der Waals surface area contributed by atoms with E-state index in [0.717, 1.165) is 38.5 Å². The molecule has 0 aromatic heterocycles. The molecule has 0 aliphatic heterocycles. The van der Waals surface area contributed by atoms with Crippen molar-refractivity contribution in [3.63, 3.8) is 0 Å². The van der Waals surface area contributed by atoms with Crippen LogP contribution in [0.5, 0.6) is 0 Å². The molecule has 0 aromatic carbocycles. The molecule has 1 fully saturated rings. The summed E-state index contributed by atoms with van der Waals surface area (Å²) < 4.78 is 32.8. The highest BCUT2D eigenvalue weighted by molar-refractivity contribution is 7.47. The Morgan fingerprint density at radius 1 is 0.750 bits per heavy atom. The van der Waals surface area contributed by atoms with Crippen molar-refractivity contribution in [2.45, 2.75) is 218 Å². The number of aliphatic hydroxyl groups excluding tert-OH is 2. The van der Waals surface area contributed by atoms with Crippen molar-refractivity contribution in [3.05, 3.63) is 24.3 Å². The first-order valence-electron chi connectivity index (χ1n) is 23.9. The van der Waals surface area contributed by atoms with Gasteiger partial charge in [-0.15, -0.1) is 0 Å². The van der Waals surface area contributed by atoms with Crippen LogP contribution in [-0.2, 0) is 37.5 Å². The molecule has 1 unspecified atom stereocenters. The van der Waals surface area contributed by atoms with Crippen molar-refractivity contribution >= 4 is 25.5 Å². The zero-order valence-corrected chi connectivity index (χ0v) is 38.6. The lowest BCUT2D eigenvalue weighted by Gasteiger charge is -2.19. The first-order chi connectivity index (χ1) is 29.0. The summed E-state index contributed by atoms with van der Waals surface area (Å²) in [7, 11) is -4.45. The van der Waals surface area contributed by atoms with Gasteiger partial charge >= 0.3 is 19.8 Å². The number of nitrogens with two attached hydrogens (primary N) is 1. The van der Waals surface area contributed by atoms with Gasteiger partial charge in [-0.1, -0.05) is 173 Å². The van der Waals surface area contributed by atoms with Crippen LogP contribution in [0.15, 0.2) is 24.3 Å². The van der Waals surface area contributed by atoms with Crippen molar-refractivity contribution in [2.75, 3.05) is 26.4 Å². The van der Waals surface area contributed by atoms with E-state index >= 15 is 0 Å². The number of Topliss-reactive ketones (excluding diaryl/α,β-unsaturated/α-hetero) is 1. The number of carbonyl (C=O) groups is 3. The third-order valence-corrected chi connectivity index (χ3v) is 12.2. The number of allylic oxidation sites excluding steroid dienone is 3. The number of phosphoric ester groups is 1. The quantitative estimate of drug-likeness (QED) is 0.0197. The largest absolute Gasteiger partial charge is 0.472 e. The summed E-state index contributed by atoms with van der Waals surface area (Å²) >= 11 is 0. The average molecular weight is 872 g/mol. The summed E-state index contributed by atoms with van der Waals surface area (Å²) in [5.74, 6) is -1.77. The molecule has 0 radical (unpaired) electrons. The molecule has 0 bridgehead atoms. The Morgan fingerprint density at radius 2 is 1.28 bits per heavy atom. The van der Waals surface area contributed by atoms with Crippen LogP contribution in [0.1, 0.15) is 200 Å². The fourth-order valence-corrected chi connectivity index (χ4v) is 8.32. The predicted octanol–water partition coefficient (Wildman–Crippen LogP) is 10.5. The van der Waals surface area contributed by atoms with E-state index in [-0.39, 0.29) is 50.7 Å². The molecule has 1 aliphatic carbocycles. The third kappa shape index (κ3) is 31.0. The second-order valence-corrected chi connectivity index (χ2v) is 18.2. The third-order valence-electron chi connectivity index (χ3n) is 11.2. The molecule has 60 heavy (non-hydrogen) atoms. The lowest BCUT2D eigenvalue weighted by Crippen LogP contribution is -2.29. The van der Waals surface area contributed by atoms with Gasteiger partial charge in [0, 0.05) is 37.6 Å². The fraction of sp³-hybridized carbons (Fsp3) is 0.851. The van der Waals surface area contributed by atoms with Gasteiger partial charge in [-0.3, -0.25) is 23.4 Å². The highest BCUT2D eigenvalue weighted by Gasteiger charge is 2.39. The molecule has 1 saturated carbocycles. The van der Waals surface area contributed by atoms with Gasteiger partial charge in [0.05, 0.1) is 25.4 Å². The molecule has 0 heterocycles. The van der Waals surface area contributed by atoms with Crippen molar-refractivity contribution in [3.8, 4) is 0 Å². The van der Waals surface area contributed by atoms with Crippen molar-refractivity contribution in [1.29, 1.82) is 0 Å². The average Bonchev–Trinajstić information content (AvgIpc) is 3.49. The molecule has 13 heteroatoms. The van der Waals surface area contributed by atoms with E-state index in [4.69, 9.17) is 24.3 Å². The number of ether oxygens (including phenoxy) is 2. The van der Waals surface area contributed by atoms with Gasteiger partial charge in [-0.25, -0.2) is 4.57 Å². The van der Waals surface area contributed by atoms with Gasteiger partial charge in [0.1, 0.15) is 12.4 Å². The second-order valence-electron chi connectivity index (χ2n) is 16.8. The molecule has 1 rings (SSSR count). The Balaban J connectivity index is 2.33. The van der Waals surface area contributed by atoms with Gasteiger partial charge in [0.25, 0.3) is 0 Å². The van der Waals surface area contributed by atoms with Crippen LogP contribution in [0.25, 0.3) is 0 Å². The molecular weight excluding hydrogens is 785 g/mol. The molecule has 5 N–H and O–H groups in total. The number of hydrogen-bond donors (Lipinski definition) is 4. The van der Waals surface area contributed by atoms with Crippen LogP contribution >= 0.6 is 7.82 Å². The Hall–Kier alpha value is -1.92. The van der Waals surface area contributed by atoms with Crippen LogP contribution in [0.3, 0.4) is 0 Å². The van der Waals surface area contributed by atoms with Crippen LogP contribution in [0.4, 0.5) is 0 Å². The highest BCUT2D eigenvalue weighted by atomic mass is 31.2. The summed E-state index contributed by atoms with van der Waals surface area (Å²) in [6.07, 6.45) is 34.3. The highest BCUT2D eigenvalue weighted by Crippen LogP contribution is 2.43. The standard InChI is InChI=1S/C47H86NO11P/c1-3-5-7-8-9-10-11-12-13-14-15-16-17-18-19-20-21-22-27-31-46(52)56-38-41(39-58-60(54,55)57-36-35-48)59-47(53)32-28-24-23-26-30-42-43(45(51)37-44(42)50)34-33-40(49)29-25-6-4-2/h23,26,33-34,40-44,49-50H,3-22,24-25,27-32,35-39,48H2,1-2H3,(H,54,55)/b26-23-,34-33+/t40-,41+,42+,43+,44-/m0/s1. The molecule has 12 nitrogen and oxygen atoms in total. The van der Waals surface area contributed by atoms with E-state index in [2.05, 4.69) is 13.8 Å². The Morgan fingerprint density at radius 3 is 1.85 bits per heavy atom. The maximum Gasteiger partial charge on any atom is 0.472 e. The minimum Gasteiger partial charge on any atom is -0.462 e. The van der Waals surface area contributed by atoms with E-state index in [1.54, 1.807) is 12.2 Å². The summed E-state index contributed by atoms with van der Waals surface area (Å²) in [5.41, 5.74) is 5.35. The summed E-state index contributed by atoms with van der Waals surface area (Å²) in [6, 6.07) is 0. The van der Waals surface area contributed by atoms with E-state index < -0.39 is 50.6 Å². The lowest BCUT2D eigenvalue weighted by atomic mass is 9.90. The number of rotatable bonds is 41. The molecule has 1 aliphatic rings. The second kappa shape index (κ2) is 37.6. The van der Waals surface area contributed by atoms with Crippen molar-refractivity contribution in [1.82, 2.24) is 0 Å². The Bertz CT molecular complexity index is 1200. The van der Waals surface area contributed by atoms with Gasteiger partial charge in [-0.05, 0) is 32.1 Å². The molecule has 350 valence electrons. The number of ketones is 1. The molecule has 6 atom stereocenters. The molecule has 0 amide bonds. The zero-order valence-electron chi connectivity index (χ0n) is 37.7. The normalized spacial score (nSPS) is 19.0. The first-order valence-corrected chi connectivity index (χ1v) is 25.4. The number of hydrogen-bond acceptors (Lipinski definition) is 11. The van der Waals surface area contributed by atoms with Crippen LogP contribution in [0.2, 0.25) is 0 Å². The number of esters is 2. The number of unbranched alkanes of at least 4 members (excludes halogenated alkanes) is 21. The molecular formula is C47H86NO11P. The van der Waals surface area contributed by atoms with Crippen molar-refractivity contribution in [2.24, 2.45) is 17.6 Å². The molecule has 0 saturated heterocycles. The minimum atomic E-state index is -4.45. The summed E-state index contributed by atoms with van der Waals surface area (Å²) in [5, 5.41) is 20.7. The van der Waals surface area contributed by atoms with Crippen molar-refractivity contribution < 1.29 is 52.6 Å². The minimum absolute atomic E-state index is 0.0121. The molecule has 0 spiro atoms. The molecule has 0 aromatic rings. The van der Waals surface area contributed by atoms with E-state index in [9.17, 15) is 34.1 Å². The van der Waals surface area contributed by atoms with Crippen LogP contribution < -0.4 is 5.73 Å². The van der Waals surface area contributed by atoms with Crippen LogP contribution in [0, 0.1) is 11.8 Å². The fourth-order valence-electron chi connectivity index (χ4n) is 7.56. The summed E-state index contributed by atoms with van der Waals surface area (Å²) in [6.45, 7) is 3.34. The lowest BCUT2D eigenvalue weighted by molar-refractivity contribution is -0.161. The number of carbonyl (C=O) groups excluding carboxylic acids is 3. The zero-order chi connectivity index (χ0) is 44.1.